The van der Waals surface area contributed by atoms with Crippen LogP contribution >= 0.6 is 28.1 Å². The number of hydrogen-bond donors (Lipinski definition) is 1. The third-order valence-corrected chi connectivity index (χ3v) is 5.78. The molecule has 0 bridgehead atoms. The SMILES string of the molecule is Cc1cc(/C=C2\C(=O)NC(=S)N(c3ccccc3)C2=O)c(C)n1-c1ccc(Br)cc1. The fourth-order valence-electron chi connectivity index (χ4n) is 3.55. The number of halogens is 1. The zero-order valence-electron chi connectivity index (χ0n) is 16.3. The van der Waals surface area contributed by atoms with Crippen LogP contribution in [0.25, 0.3) is 11.8 Å². The quantitative estimate of drug-likeness (QED) is 0.336. The number of nitrogens with one attached hydrogen (secondary N) is 1. The summed E-state index contributed by atoms with van der Waals surface area (Å²) in [5.74, 6) is -0.936. The van der Waals surface area contributed by atoms with Crippen LogP contribution in [-0.4, -0.2) is 21.5 Å². The molecule has 7 heteroatoms. The standard InChI is InChI=1S/C23H18BrN3O2S/c1-14-12-16(15(2)26(14)19-10-8-17(24)9-11-19)13-20-21(28)25-23(30)27(22(20)29)18-6-4-3-5-7-18/h3-13H,1-2H3,(H,25,28,30)/b20-13+. The third kappa shape index (κ3) is 3.62. The van der Waals surface area contributed by atoms with Crippen LogP contribution < -0.4 is 10.2 Å². The van der Waals surface area contributed by atoms with Gasteiger partial charge < -0.3 is 4.57 Å². The topological polar surface area (TPSA) is 54.3 Å². The van der Waals surface area contributed by atoms with E-state index in [1.54, 1.807) is 18.2 Å². The molecule has 0 unspecified atom stereocenters. The summed E-state index contributed by atoms with van der Waals surface area (Å²) in [6, 6.07) is 19.0. The summed E-state index contributed by atoms with van der Waals surface area (Å²) in [6.45, 7) is 3.96. The van der Waals surface area contributed by atoms with Crippen molar-refractivity contribution in [1.82, 2.24) is 9.88 Å². The Bertz CT molecular complexity index is 1200. The molecule has 0 spiro atoms. The molecule has 2 amide bonds. The molecule has 0 radical (unpaired) electrons. The Morgan fingerprint density at radius 2 is 1.63 bits per heavy atom. The van der Waals surface area contributed by atoms with E-state index in [0.717, 1.165) is 27.1 Å². The van der Waals surface area contributed by atoms with Gasteiger partial charge in [-0.2, -0.15) is 0 Å². The highest BCUT2D eigenvalue weighted by atomic mass is 79.9. The first-order valence-electron chi connectivity index (χ1n) is 9.28. The molecule has 1 aromatic heterocycles. The van der Waals surface area contributed by atoms with Crippen molar-refractivity contribution in [2.24, 2.45) is 0 Å². The van der Waals surface area contributed by atoms with Crippen molar-refractivity contribution in [3.05, 3.63) is 87.7 Å². The monoisotopic (exact) mass is 479 g/mol. The van der Waals surface area contributed by atoms with Crippen LogP contribution in [0.5, 0.6) is 0 Å². The van der Waals surface area contributed by atoms with E-state index < -0.39 is 11.8 Å². The molecule has 0 saturated carbocycles. The average molecular weight is 480 g/mol. The van der Waals surface area contributed by atoms with Crippen LogP contribution in [0, 0.1) is 13.8 Å². The lowest BCUT2D eigenvalue weighted by atomic mass is 10.1. The Morgan fingerprint density at radius 3 is 2.30 bits per heavy atom. The first-order valence-corrected chi connectivity index (χ1v) is 10.5. The first kappa shape index (κ1) is 20.3. The van der Waals surface area contributed by atoms with Crippen molar-refractivity contribution in [2.75, 3.05) is 4.90 Å². The summed E-state index contributed by atoms with van der Waals surface area (Å²) in [7, 11) is 0. The number of amides is 2. The zero-order chi connectivity index (χ0) is 21.4. The number of aryl methyl sites for hydroxylation is 1. The molecular formula is C23H18BrN3O2S. The van der Waals surface area contributed by atoms with E-state index in [9.17, 15) is 9.59 Å². The molecule has 5 nitrogen and oxygen atoms in total. The maximum atomic E-state index is 13.2. The van der Waals surface area contributed by atoms with E-state index in [1.807, 2.05) is 62.4 Å². The van der Waals surface area contributed by atoms with Gasteiger partial charge in [-0.25, -0.2) is 0 Å². The second-order valence-electron chi connectivity index (χ2n) is 6.93. The number of carbonyl (C=O) groups is 2. The van der Waals surface area contributed by atoms with Gasteiger partial charge in [-0.05, 0) is 80.2 Å². The summed E-state index contributed by atoms with van der Waals surface area (Å²) >= 11 is 8.70. The minimum absolute atomic E-state index is 0.0449. The van der Waals surface area contributed by atoms with Crippen molar-refractivity contribution in [1.29, 1.82) is 0 Å². The number of para-hydroxylation sites is 1. The molecule has 1 aliphatic rings. The summed E-state index contributed by atoms with van der Waals surface area (Å²) in [4.78, 5) is 27.1. The van der Waals surface area contributed by atoms with E-state index in [2.05, 4.69) is 25.8 Å². The number of aromatic nitrogens is 1. The number of carbonyl (C=O) groups excluding carboxylic acids is 2. The highest BCUT2D eigenvalue weighted by molar-refractivity contribution is 9.10. The van der Waals surface area contributed by atoms with Gasteiger partial charge in [0.1, 0.15) is 5.57 Å². The van der Waals surface area contributed by atoms with Crippen molar-refractivity contribution < 1.29 is 9.59 Å². The molecule has 1 fully saturated rings. The molecule has 3 aromatic rings. The van der Waals surface area contributed by atoms with Gasteiger partial charge in [0.2, 0.25) is 0 Å². The van der Waals surface area contributed by atoms with E-state index in [-0.39, 0.29) is 10.7 Å². The van der Waals surface area contributed by atoms with Crippen LogP contribution in [0.1, 0.15) is 17.0 Å². The maximum absolute atomic E-state index is 13.2. The van der Waals surface area contributed by atoms with E-state index in [1.165, 1.54) is 4.90 Å². The van der Waals surface area contributed by atoms with E-state index in [4.69, 9.17) is 12.2 Å². The zero-order valence-corrected chi connectivity index (χ0v) is 18.8. The van der Waals surface area contributed by atoms with Gasteiger partial charge in [0.15, 0.2) is 5.11 Å². The molecule has 2 aromatic carbocycles. The average Bonchev–Trinajstić information content (AvgIpc) is 3.00. The molecule has 30 heavy (non-hydrogen) atoms. The second-order valence-corrected chi connectivity index (χ2v) is 8.23. The molecule has 1 aliphatic heterocycles. The molecule has 2 heterocycles. The Balaban J connectivity index is 1.76. The highest BCUT2D eigenvalue weighted by Crippen LogP contribution is 2.26. The van der Waals surface area contributed by atoms with Gasteiger partial charge in [-0.3, -0.25) is 19.8 Å². The second kappa shape index (κ2) is 8.01. The van der Waals surface area contributed by atoms with Crippen LogP contribution in [0.3, 0.4) is 0 Å². The van der Waals surface area contributed by atoms with E-state index in [0.29, 0.717) is 5.69 Å². The lowest BCUT2D eigenvalue weighted by Crippen LogP contribution is -2.54. The van der Waals surface area contributed by atoms with Gasteiger partial charge in [0.05, 0.1) is 5.69 Å². The van der Waals surface area contributed by atoms with Crippen molar-refractivity contribution in [3.63, 3.8) is 0 Å². The molecule has 4 rings (SSSR count). The number of nitrogens with zero attached hydrogens (tertiary/aromatic N) is 2. The van der Waals surface area contributed by atoms with E-state index >= 15 is 0 Å². The Morgan fingerprint density at radius 1 is 0.967 bits per heavy atom. The Kier molecular flexibility index (Phi) is 5.40. The fourth-order valence-corrected chi connectivity index (χ4v) is 4.09. The van der Waals surface area contributed by atoms with Crippen molar-refractivity contribution >= 4 is 56.8 Å². The lowest BCUT2D eigenvalue weighted by molar-refractivity contribution is -0.122. The molecular weight excluding hydrogens is 462 g/mol. The van der Waals surface area contributed by atoms with Crippen molar-refractivity contribution in [3.8, 4) is 5.69 Å². The number of anilines is 1. The maximum Gasteiger partial charge on any atom is 0.270 e. The highest BCUT2D eigenvalue weighted by Gasteiger charge is 2.34. The molecule has 150 valence electrons. The normalized spacial score (nSPS) is 15.6. The largest absolute Gasteiger partial charge is 0.318 e. The molecule has 0 atom stereocenters. The fraction of sp³-hybridized carbons (Fsp3) is 0.0870. The van der Waals surface area contributed by atoms with Crippen molar-refractivity contribution in [2.45, 2.75) is 13.8 Å². The van der Waals surface area contributed by atoms with Gasteiger partial charge in [0.25, 0.3) is 11.8 Å². The number of benzene rings is 2. The third-order valence-electron chi connectivity index (χ3n) is 4.97. The lowest BCUT2D eigenvalue weighted by Gasteiger charge is -2.28. The number of hydrogen-bond acceptors (Lipinski definition) is 3. The van der Waals surface area contributed by atoms with Gasteiger partial charge >= 0.3 is 0 Å². The molecule has 0 aliphatic carbocycles. The van der Waals surface area contributed by atoms with Crippen LogP contribution in [0.15, 0.2) is 70.7 Å². The van der Waals surface area contributed by atoms with Crippen LogP contribution in [0.4, 0.5) is 5.69 Å². The van der Waals surface area contributed by atoms with Crippen LogP contribution in [-0.2, 0) is 9.59 Å². The summed E-state index contributed by atoms with van der Waals surface area (Å²) in [6.07, 6.45) is 1.63. The predicted molar refractivity (Wildman–Crippen MR) is 126 cm³/mol. The molecule has 1 saturated heterocycles. The van der Waals surface area contributed by atoms with Gasteiger partial charge in [-0.15, -0.1) is 0 Å². The Labute approximate surface area is 188 Å². The number of thiocarbonyl (C=S) groups is 1. The molecule has 1 N–H and O–H groups in total. The van der Waals surface area contributed by atoms with Crippen LogP contribution in [0.2, 0.25) is 0 Å². The first-order chi connectivity index (χ1) is 14.4. The minimum atomic E-state index is -0.495. The summed E-state index contributed by atoms with van der Waals surface area (Å²) in [5, 5.41) is 2.70. The summed E-state index contributed by atoms with van der Waals surface area (Å²) < 4.78 is 3.08. The smallest absolute Gasteiger partial charge is 0.270 e. The minimum Gasteiger partial charge on any atom is -0.318 e. The van der Waals surface area contributed by atoms with Gasteiger partial charge in [0, 0.05) is 21.5 Å². The summed E-state index contributed by atoms with van der Waals surface area (Å²) in [5.41, 5.74) is 4.39. The predicted octanol–water partition coefficient (Wildman–Crippen LogP) is 4.69. The number of rotatable bonds is 3. The van der Waals surface area contributed by atoms with Gasteiger partial charge in [-0.1, -0.05) is 34.1 Å². The Hall–Kier alpha value is -3.03.